The fraction of sp³-hybridized carbons (Fsp3) is 0.273. The predicted molar refractivity (Wildman–Crippen MR) is 109 cm³/mol. The van der Waals surface area contributed by atoms with Crippen LogP contribution in [0.4, 0.5) is 5.88 Å². The lowest BCUT2D eigenvalue weighted by Crippen LogP contribution is -2.42. The number of benzene rings is 2. The normalized spacial score (nSPS) is 15.3. The summed E-state index contributed by atoms with van der Waals surface area (Å²) in [4.78, 5) is 14.2. The second-order valence-corrected chi connectivity index (χ2v) is 7.18. The van der Waals surface area contributed by atoms with Gasteiger partial charge in [-0.3, -0.25) is 15.0 Å². The lowest BCUT2D eigenvalue weighted by molar-refractivity contribution is -0.117. The Morgan fingerprint density at radius 3 is 2.72 bits per heavy atom. The van der Waals surface area contributed by atoms with Gasteiger partial charge in [-0.05, 0) is 26.1 Å². The van der Waals surface area contributed by atoms with Gasteiger partial charge < -0.3 is 14.0 Å². The van der Waals surface area contributed by atoms with Crippen LogP contribution in [0.2, 0.25) is 0 Å². The van der Waals surface area contributed by atoms with Crippen LogP contribution in [0.25, 0.3) is 11.3 Å². The molecule has 3 aromatic rings. The molecule has 0 saturated carbocycles. The minimum Gasteiger partial charge on any atom is -0.486 e. The van der Waals surface area contributed by atoms with Crippen LogP contribution in [0.1, 0.15) is 5.56 Å². The minimum atomic E-state index is -0.184. The van der Waals surface area contributed by atoms with E-state index in [1.165, 1.54) is 5.56 Å². The maximum atomic E-state index is 12.3. The zero-order valence-corrected chi connectivity index (χ0v) is 16.4. The number of amides is 1. The standard InChI is InChI=1S/C22H23N3O4/c1-15-7-9-16(10-8-15)18-11-22(29-24-18)23-21(26)13-25(2)12-17-14-27-19-5-3-4-6-20(19)28-17/h3-11,17H,12-14H2,1-2H3,(H,23,26). The first-order chi connectivity index (χ1) is 14.1. The van der Waals surface area contributed by atoms with Crippen molar-refractivity contribution in [2.24, 2.45) is 0 Å². The number of para-hydroxylation sites is 2. The number of aryl methyl sites for hydroxylation is 1. The topological polar surface area (TPSA) is 76.8 Å². The number of ether oxygens (including phenoxy) is 2. The number of carbonyl (C=O) groups excluding carboxylic acids is 1. The van der Waals surface area contributed by atoms with E-state index in [0.29, 0.717) is 24.7 Å². The molecule has 29 heavy (non-hydrogen) atoms. The summed E-state index contributed by atoms with van der Waals surface area (Å²) >= 11 is 0. The van der Waals surface area contributed by atoms with Crippen LogP contribution in [0, 0.1) is 6.92 Å². The fourth-order valence-corrected chi connectivity index (χ4v) is 3.18. The molecule has 1 aliphatic rings. The summed E-state index contributed by atoms with van der Waals surface area (Å²) in [7, 11) is 1.86. The maximum Gasteiger partial charge on any atom is 0.240 e. The molecule has 1 aromatic heterocycles. The van der Waals surface area contributed by atoms with E-state index in [9.17, 15) is 4.79 Å². The molecule has 0 radical (unpaired) electrons. The Kier molecular flexibility index (Phi) is 5.48. The highest BCUT2D eigenvalue weighted by molar-refractivity contribution is 5.91. The molecular formula is C22H23N3O4. The van der Waals surface area contributed by atoms with Gasteiger partial charge in [-0.2, -0.15) is 0 Å². The first-order valence-electron chi connectivity index (χ1n) is 9.47. The molecule has 0 bridgehead atoms. The Labute approximate surface area is 169 Å². The first-order valence-corrected chi connectivity index (χ1v) is 9.47. The summed E-state index contributed by atoms with van der Waals surface area (Å²) in [6.07, 6.45) is -0.138. The van der Waals surface area contributed by atoms with Gasteiger partial charge >= 0.3 is 0 Å². The van der Waals surface area contributed by atoms with Crippen molar-refractivity contribution in [3.05, 3.63) is 60.2 Å². The molecule has 1 amide bonds. The zero-order valence-electron chi connectivity index (χ0n) is 16.4. The Balaban J connectivity index is 1.28. The third kappa shape index (κ3) is 4.75. The highest BCUT2D eigenvalue weighted by Gasteiger charge is 2.22. The molecule has 7 nitrogen and oxygen atoms in total. The quantitative estimate of drug-likeness (QED) is 0.692. The lowest BCUT2D eigenvalue weighted by Gasteiger charge is -2.29. The number of nitrogens with zero attached hydrogens (tertiary/aromatic N) is 2. The summed E-state index contributed by atoms with van der Waals surface area (Å²) in [6, 6.07) is 17.2. The molecule has 7 heteroatoms. The third-order valence-electron chi connectivity index (χ3n) is 4.62. The predicted octanol–water partition coefficient (Wildman–Crippen LogP) is 3.36. The van der Waals surface area contributed by atoms with Gasteiger partial charge in [0.05, 0.1) is 6.54 Å². The number of carbonyl (C=O) groups is 1. The SMILES string of the molecule is Cc1ccc(-c2cc(NC(=O)CN(C)CC3COc4ccccc4O3)on2)cc1. The van der Waals surface area contributed by atoms with E-state index in [0.717, 1.165) is 17.1 Å². The van der Waals surface area contributed by atoms with E-state index in [4.69, 9.17) is 14.0 Å². The number of likely N-dealkylation sites (N-methyl/N-ethyl adjacent to an activating group) is 1. The summed E-state index contributed by atoms with van der Waals surface area (Å²) in [5.74, 6) is 1.62. The van der Waals surface area contributed by atoms with Crippen molar-refractivity contribution in [2.45, 2.75) is 13.0 Å². The van der Waals surface area contributed by atoms with Gasteiger partial charge in [0.2, 0.25) is 11.8 Å². The molecule has 1 N–H and O–H groups in total. The molecule has 4 rings (SSSR count). The number of hydrogen-bond donors (Lipinski definition) is 1. The Morgan fingerprint density at radius 1 is 1.17 bits per heavy atom. The van der Waals surface area contributed by atoms with E-state index in [1.807, 2.05) is 67.4 Å². The summed E-state index contributed by atoms with van der Waals surface area (Å²) in [5, 5.41) is 6.77. The van der Waals surface area contributed by atoms with Gasteiger partial charge in [0.25, 0.3) is 0 Å². The highest BCUT2D eigenvalue weighted by atomic mass is 16.6. The van der Waals surface area contributed by atoms with Crippen LogP contribution < -0.4 is 14.8 Å². The summed E-state index contributed by atoms with van der Waals surface area (Å²) in [6.45, 7) is 3.23. The van der Waals surface area contributed by atoms with Crippen LogP contribution in [-0.2, 0) is 4.79 Å². The molecule has 2 aromatic carbocycles. The lowest BCUT2D eigenvalue weighted by atomic mass is 10.1. The number of hydrogen-bond acceptors (Lipinski definition) is 6. The van der Waals surface area contributed by atoms with E-state index in [1.54, 1.807) is 6.07 Å². The second kappa shape index (κ2) is 8.36. The molecule has 0 fully saturated rings. The second-order valence-electron chi connectivity index (χ2n) is 7.18. The molecule has 0 saturated heterocycles. The smallest absolute Gasteiger partial charge is 0.240 e. The van der Waals surface area contributed by atoms with Crippen LogP contribution in [-0.4, -0.2) is 48.8 Å². The van der Waals surface area contributed by atoms with E-state index < -0.39 is 0 Å². The number of aromatic nitrogens is 1. The van der Waals surface area contributed by atoms with Gasteiger partial charge in [-0.15, -0.1) is 0 Å². The van der Waals surface area contributed by atoms with Crippen LogP contribution in [0.5, 0.6) is 11.5 Å². The van der Waals surface area contributed by atoms with Crippen molar-refractivity contribution in [3.63, 3.8) is 0 Å². The van der Waals surface area contributed by atoms with Crippen molar-refractivity contribution in [3.8, 4) is 22.8 Å². The van der Waals surface area contributed by atoms with Gasteiger partial charge in [0, 0.05) is 18.2 Å². The average molecular weight is 393 g/mol. The van der Waals surface area contributed by atoms with Crippen molar-refractivity contribution >= 4 is 11.8 Å². The number of anilines is 1. The Hall–Kier alpha value is -3.32. The van der Waals surface area contributed by atoms with Crippen molar-refractivity contribution in [1.82, 2.24) is 10.1 Å². The molecule has 1 atom stereocenters. The van der Waals surface area contributed by atoms with Gasteiger partial charge in [-0.25, -0.2) is 0 Å². The molecular weight excluding hydrogens is 370 g/mol. The number of fused-ring (bicyclic) bond motifs is 1. The monoisotopic (exact) mass is 393 g/mol. The number of rotatable bonds is 6. The fourth-order valence-electron chi connectivity index (χ4n) is 3.18. The van der Waals surface area contributed by atoms with Crippen LogP contribution in [0.15, 0.2) is 59.1 Å². The van der Waals surface area contributed by atoms with E-state index >= 15 is 0 Å². The van der Waals surface area contributed by atoms with Gasteiger partial charge in [0.15, 0.2) is 11.5 Å². The molecule has 1 unspecified atom stereocenters. The van der Waals surface area contributed by atoms with Crippen molar-refractivity contribution in [2.75, 3.05) is 32.1 Å². The summed E-state index contributed by atoms with van der Waals surface area (Å²) < 4.78 is 16.9. The molecule has 2 heterocycles. The van der Waals surface area contributed by atoms with Crippen molar-refractivity contribution < 1.29 is 18.8 Å². The molecule has 1 aliphatic heterocycles. The van der Waals surface area contributed by atoms with Crippen molar-refractivity contribution in [1.29, 1.82) is 0 Å². The van der Waals surface area contributed by atoms with E-state index in [2.05, 4.69) is 10.5 Å². The third-order valence-corrected chi connectivity index (χ3v) is 4.62. The minimum absolute atomic E-state index is 0.138. The van der Waals surface area contributed by atoms with Gasteiger partial charge in [-0.1, -0.05) is 47.1 Å². The molecule has 0 aliphatic carbocycles. The van der Waals surface area contributed by atoms with E-state index in [-0.39, 0.29) is 18.6 Å². The maximum absolute atomic E-state index is 12.3. The Morgan fingerprint density at radius 2 is 1.93 bits per heavy atom. The number of nitrogens with one attached hydrogen (secondary N) is 1. The first kappa shape index (κ1) is 19.0. The van der Waals surface area contributed by atoms with Crippen LogP contribution in [0.3, 0.4) is 0 Å². The zero-order chi connectivity index (χ0) is 20.2. The largest absolute Gasteiger partial charge is 0.486 e. The van der Waals surface area contributed by atoms with Crippen LogP contribution >= 0.6 is 0 Å². The molecule has 0 spiro atoms. The average Bonchev–Trinajstić information content (AvgIpc) is 3.16. The van der Waals surface area contributed by atoms with Gasteiger partial charge in [0.1, 0.15) is 18.4 Å². The Bertz CT molecular complexity index is 984. The summed E-state index contributed by atoms with van der Waals surface area (Å²) in [5.41, 5.74) is 2.79. The molecule has 150 valence electrons. The highest BCUT2D eigenvalue weighted by Crippen LogP contribution is 2.31.